The minimum atomic E-state index is -0.0463. The fourth-order valence-corrected chi connectivity index (χ4v) is 2.98. The Hall–Kier alpha value is -0.290. The first-order chi connectivity index (χ1) is 7.68. The van der Waals surface area contributed by atoms with Crippen molar-refractivity contribution in [3.63, 3.8) is 0 Å². The van der Waals surface area contributed by atoms with Gasteiger partial charge in [0.2, 0.25) is 0 Å². The third kappa shape index (κ3) is 3.58. The number of nitrogens with one attached hydrogen (secondary N) is 2. The Balaban J connectivity index is 0.00000144. The van der Waals surface area contributed by atoms with Gasteiger partial charge >= 0.3 is 0 Å². The summed E-state index contributed by atoms with van der Waals surface area (Å²) in [6, 6.07) is 0. The highest BCUT2D eigenvalue weighted by Crippen LogP contribution is 2.26. The number of hydrogen-bond donors (Lipinski definition) is 2. The minimum Gasteiger partial charge on any atom is -0.351 e. The van der Waals surface area contributed by atoms with Gasteiger partial charge in [-0.05, 0) is 43.3 Å². The molecule has 17 heavy (non-hydrogen) atoms. The van der Waals surface area contributed by atoms with Crippen LogP contribution in [0.5, 0.6) is 0 Å². The van der Waals surface area contributed by atoms with E-state index in [2.05, 4.69) is 10.6 Å². The first-order valence-electron chi connectivity index (χ1n) is 5.41. The predicted octanol–water partition coefficient (Wildman–Crippen LogP) is 2.47. The van der Waals surface area contributed by atoms with Crippen LogP contribution in [-0.4, -0.2) is 25.5 Å². The Morgan fingerprint density at radius 3 is 3.00 bits per heavy atom. The molecule has 96 valence electrons. The molecule has 2 heterocycles. The summed E-state index contributed by atoms with van der Waals surface area (Å²) in [7, 11) is 0. The van der Waals surface area contributed by atoms with Gasteiger partial charge in [0.25, 0.3) is 5.91 Å². The molecule has 1 aliphatic rings. The SMILES string of the molecule is Cc1csc(C(=O)NCC2CCNC2)c1Cl.Cl. The molecule has 0 spiro atoms. The monoisotopic (exact) mass is 294 g/mol. The first-order valence-corrected chi connectivity index (χ1v) is 6.66. The summed E-state index contributed by atoms with van der Waals surface area (Å²) in [6.45, 7) is 4.70. The Morgan fingerprint density at radius 2 is 2.47 bits per heavy atom. The largest absolute Gasteiger partial charge is 0.351 e. The lowest BCUT2D eigenvalue weighted by atomic mass is 10.1. The van der Waals surface area contributed by atoms with Crippen molar-refractivity contribution in [2.24, 2.45) is 5.92 Å². The minimum absolute atomic E-state index is 0. The van der Waals surface area contributed by atoms with E-state index < -0.39 is 0 Å². The third-order valence-electron chi connectivity index (χ3n) is 2.82. The van der Waals surface area contributed by atoms with Gasteiger partial charge in [-0.1, -0.05) is 11.6 Å². The number of thiophene rings is 1. The number of amides is 1. The van der Waals surface area contributed by atoms with Crippen molar-refractivity contribution in [2.45, 2.75) is 13.3 Å². The van der Waals surface area contributed by atoms with E-state index in [1.54, 1.807) is 0 Å². The second-order valence-electron chi connectivity index (χ2n) is 4.13. The van der Waals surface area contributed by atoms with Crippen LogP contribution >= 0.6 is 35.3 Å². The number of halogens is 2. The summed E-state index contributed by atoms with van der Waals surface area (Å²) in [5.41, 5.74) is 0.972. The maximum Gasteiger partial charge on any atom is 0.262 e. The number of aryl methyl sites for hydroxylation is 1. The smallest absolute Gasteiger partial charge is 0.262 e. The highest BCUT2D eigenvalue weighted by molar-refractivity contribution is 7.13. The quantitative estimate of drug-likeness (QED) is 0.899. The molecule has 1 amide bonds. The van der Waals surface area contributed by atoms with Crippen LogP contribution in [0.15, 0.2) is 5.38 Å². The molecule has 1 saturated heterocycles. The van der Waals surface area contributed by atoms with Crippen LogP contribution < -0.4 is 10.6 Å². The Kier molecular flexibility index (Phi) is 5.73. The van der Waals surface area contributed by atoms with Gasteiger partial charge in [-0.3, -0.25) is 4.79 Å². The molecule has 6 heteroatoms. The highest BCUT2D eigenvalue weighted by Gasteiger charge is 2.18. The van der Waals surface area contributed by atoms with Crippen molar-refractivity contribution < 1.29 is 4.79 Å². The standard InChI is InChI=1S/C11H15ClN2OS.ClH/c1-7-6-16-10(9(7)12)11(15)14-5-8-2-3-13-4-8;/h6,8,13H,2-5H2,1H3,(H,14,15);1H. The molecule has 1 aliphatic heterocycles. The lowest BCUT2D eigenvalue weighted by Crippen LogP contribution is -2.29. The molecule has 0 radical (unpaired) electrons. The van der Waals surface area contributed by atoms with E-state index in [0.29, 0.717) is 15.8 Å². The molecule has 2 rings (SSSR count). The number of rotatable bonds is 3. The van der Waals surface area contributed by atoms with E-state index in [0.717, 1.165) is 31.6 Å². The van der Waals surface area contributed by atoms with E-state index >= 15 is 0 Å². The van der Waals surface area contributed by atoms with Crippen LogP contribution in [0.25, 0.3) is 0 Å². The lowest BCUT2D eigenvalue weighted by Gasteiger charge is -2.09. The van der Waals surface area contributed by atoms with Gasteiger partial charge in [0.15, 0.2) is 0 Å². The molecule has 3 nitrogen and oxygen atoms in total. The Bertz CT molecular complexity index is 389. The van der Waals surface area contributed by atoms with Crippen molar-refractivity contribution in [1.29, 1.82) is 0 Å². The summed E-state index contributed by atoms with van der Waals surface area (Å²) in [5, 5.41) is 8.72. The Morgan fingerprint density at radius 1 is 1.71 bits per heavy atom. The van der Waals surface area contributed by atoms with E-state index in [-0.39, 0.29) is 18.3 Å². The van der Waals surface area contributed by atoms with Gasteiger partial charge in [-0.2, -0.15) is 0 Å². The molecule has 0 aliphatic carbocycles. The molecule has 2 N–H and O–H groups in total. The van der Waals surface area contributed by atoms with Gasteiger partial charge in [0.05, 0.1) is 5.02 Å². The maximum absolute atomic E-state index is 11.8. The van der Waals surface area contributed by atoms with Crippen molar-refractivity contribution in [3.8, 4) is 0 Å². The highest BCUT2D eigenvalue weighted by atomic mass is 35.5. The number of hydrogen-bond acceptors (Lipinski definition) is 3. The summed E-state index contributed by atoms with van der Waals surface area (Å²) in [5.74, 6) is 0.513. The van der Waals surface area contributed by atoms with Crippen molar-refractivity contribution >= 4 is 41.3 Å². The molecule has 0 aromatic carbocycles. The van der Waals surface area contributed by atoms with E-state index in [4.69, 9.17) is 11.6 Å². The third-order valence-corrected chi connectivity index (χ3v) is 4.51. The van der Waals surface area contributed by atoms with E-state index in [1.165, 1.54) is 11.3 Å². The number of carbonyl (C=O) groups is 1. The van der Waals surface area contributed by atoms with E-state index in [9.17, 15) is 4.79 Å². The van der Waals surface area contributed by atoms with Crippen molar-refractivity contribution in [2.75, 3.05) is 19.6 Å². The summed E-state index contributed by atoms with van der Waals surface area (Å²) in [4.78, 5) is 12.5. The molecule has 1 aromatic rings. The van der Waals surface area contributed by atoms with Crippen LogP contribution in [0, 0.1) is 12.8 Å². The summed E-state index contributed by atoms with van der Waals surface area (Å²) >= 11 is 7.44. The van der Waals surface area contributed by atoms with Crippen LogP contribution in [0.4, 0.5) is 0 Å². The molecular formula is C11H16Cl2N2OS. The lowest BCUT2D eigenvalue weighted by molar-refractivity contribution is 0.0952. The normalized spacial score (nSPS) is 18.8. The molecule has 1 unspecified atom stereocenters. The van der Waals surface area contributed by atoms with Crippen LogP contribution in [0.2, 0.25) is 5.02 Å². The Labute approximate surface area is 116 Å². The molecular weight excluding hydrogens is 279 g/mol. The van der Waals surface area contributed by atoms with Crippen molar-refractivity contribution in [1.82, 2.24) is 10.6 Å². The van der Waals surface area contributed by atoms with Crippen LogP contribution in [0.1, 0.15) is 21.7 Å². The summed E-state index contributed by atoms with van der Waals surface area (Å²) in [6.07, 6.45) is 1.14. The second-order valence-corrected chi connectivity index (χ2v) is 5.39. The first kappa shape index (κ1) is 14.8. The summed E-state index contributed by atoms with van der Waals surface area (Å²) < 4.78 is 0. The number of carbonyl (C=O) groups excluding carboxylic acids is 1. The molecule has 1 aromatic heterocycles. The second kappa shape index (κ2) is 6.59. The topological polar surface area (TPSA) is 41.1 Å². The molecule has 1 fully saturated rings. The zero-order valence-corrected chi connectivity index (χ0v) is 12.0. The zero-order valence-electron chi connectivity index (χ0n) is 9.59. The van der Waals surface area contributed by atoms with Crippen molar-refractivity contribution in [3.05, 3.63) is 20.8 Å². The van der Waals surface area contributed by atoms with Crippen LogP contribution in [-0.2, 0) is 0 Å². The molecule has 1 atom stereocenters. The van der Waals surface area contributed by atoms with Gasteiger partial charge in [0, 0.05) is 6.54 Å². The van der Waals surface area contributed by atoms with Gasteiger partial charge < -0.3 is 10.6 Å². The molecule has 0 bridgehead atoms. The fraction of sp³-hybridized carbons (Fsp3) is 0.545. The average molecular weight is 295 g/mol. The average Bonchev–Trinajstić information content (AvgIpc) is 2.88. The van der Waals surface area contributed by atoms with Gasteiger partial charge in [0.1, 0.15) is 4.88 Å². The van der Waals surface area contributed by atoms with Gasteiger partial charge in [-0.25, -0.2) is 0 Å². The van der Waals surface area contributed by atoms with E-state index in [1.807, 2.05) is 12.3 Å². The fourth-order valence-electron chi connectivity index (χ4n) is 1.79. The van der Waals surface area contributed by atoms with Crippen LogP contribution in [0.3, 0.4) is 0 Å². The predicted molar refractivity (Wildman–Crippen MR) is 74.6 cm³/mol. The maximum atomic E-state index is 11.8. The molecule has 0 saturated carbocycles. The zero-order chi connectivity index (χ0) is 11.5. The van der Waals surface area contributed by atoms with Gasteiger partial charge in [-0.15, -0.1) is 23.7 Å².